The molecule has 0 fully saturated rings. The van der Waals surface area contributed by atoms with Crippen molar-refractivity contribution in [2.75, 3.05) is 5.75 Å². The van der Waals surface area contributed by atoms with Gasteiger partial charge in [0.05, 0.1) is 11.8 Å². The molecule has 0 saturated heterocycles. The number of aromatic nitrogens is 2. The maximum atomic E-state index is 12.1. The summed E-state index contributed by atoms with van der Waals surface area (Å²) in [5, 5.41) is 3.65. The fraction of sp³-hybridized carbons (Fsp3) is 0.353. The number of carbonyl (C=O) groups is 1. The summed E-state index contributed by atoms with van der Waals surface area (Å²) in [6.07, 6.45) is 0. The first-order valence-electron chi connectivity index (χ1n) is 7.36. The fourth-order valence-corrected chi connectivity index (χ4v) is 3.06. The first-order chi connectivity index (χ1) is 10.9. The van der Waals surface area contributed by atoms with E-state index in [1.165, 1.54) is 11.8 Å². The third-order valence-electron chi connectivity index (χ3n) is 3.69. The van der Waals surface area contributed by atoms with Gasteiger partial charge in [0, 0.05) is 15.9 Å². The van der Waals surface area contributed by atoms with Gasteiger partial charge in [-0.15, -0.1) is 0 Å². The molecule has 0 bridgehead atoms. The lowest BCUT2D eigenvalue weighted by Crippen LogP contribution is -2.28. The molecular weight excluding hydrogens is 374 g/mol. The van der Waals surface area contributed by atoms with Crippen LogP contribution in [0.3, 0.4) is 0 Å². The minimum absolute atomic E-state index is 0.0232. The SMILES string of the molecule is Cc1nc(SCC(=O)N[C@H](C)c2ccc(Br)cc2)nc(C)c1C. The Morgan fingerprint density at radius 3 is 2.30 bits per heavy atom. The molecule has 0 aliphatic carbocycles. The Labute approximate surface area is 149 Å². The highest BCUT2D eigenvalue weighted by molar-refractivity contribution is 9.10. The molecule has 0 saturated carbocycles. The summed E-state index contributed by atoms with van der Waals surface area (Å²) in [7, 11) is 0. The van der Waals surface area contributed by atoms with Crippen LogP contribution in [0.2, 0.25) is 0 Å². The van der Waals surface area contributed by atoms with Crippen LogP contribution in [0.1, 0.15) is 35.5 Å². The van der Waals surface area contributed by atoms with Crippen molar-refractivity contribution < 1.29 is 4.79 Å². The van der Waals surface area contributed by atoms with Crippen molar-refractivity contribution in [2.24, 2.45) is 0 Å². The molecule has 4 nitrogen and oxygen atoms in total. The minimum Gasteiger partial charge on any atom is -0.349 e. The Balaban J connectivity index is 1.91. The molecule has 2 rings (SSSR count). The quantitative estimate of drug-likeness (QED) is 0.612. The van der Waals surface area contributed by atoms with Crippen LogP contribution in [0.5, 0.6) is 0 Å². The summed E-state index contributed by atoms with van der Waals surface area (Å²) in [6, 6.07) is 7.91. The predicted octanol–water partition coefficient (Wildman–Crippen LogP) is 4.13. The molecule has 0 aliphatic heterocycles. The molecule has 1 atom stereocenters. The largest absolute Gasteiger partial charge is 0.349 e. The van der Waals surface area contributed by atoms with E-state index in [0.29, 0.717) is 10.9 Å². The number of carbonyl (C=O) groups excluding carboxylic acids is 1. The summed E-state index contributed by atoms with van der Waals surface area (Å²) in [6.45, 7) is 7.90. The van der Waals surface area contributed by atoms with Crippen LogP contribution >= 0.6 is 27.7 Å². The van der Waals surface area contributed by atoms with E-state index < -0.39 is 0 Å². The van der Waals surface area contributed by atoms with Gasteiger partial charge in [-0.05, 0) is 51.0 Å². The molecule has 0 aliphatic rings. The molecule has 1 amide bonds. The summed E-state index contributed by atoms with van der Waals surface area (Å²) >= 11 is 4.77. The van der Waals surface area contributed by atoms with Crippen molar-refractivity contribution in [1.82, 2.24) is 15.3 Å². The number of nitrogens with one attached hydrogen (secondary N) is 1. The van der Waals surface area contributed by atoms with Gasteiger partial charge >= 0.3 is 0 Å². The van der Waals surface area contributed by atoms with Gasteiger partial charge < -0.3 is 5.32 Å². The molecule has 23 heavy (non-hydrogen) atoms. The number of hydrogen-bond acceptors (Lipinski definition) is 4. The van der Waals surface area contributed by atoms with Gasteiger partial charge in [-0.1, -0.05) is 39.8 Å². The maximum absolute atomic E-state index is 12.1. The molecule has 1 aromatic carbocycles. The predicted molar refractivity (Wildman–Crippen MR) is 97.7 cm³/mol. The number of benzene rings is 1. The first kappa shape index (κ1) is 17.9. The van der Waals surface area contributed by atoms with Crippen LogP contribution in [0.4, 0.5) is 0 Å². The van der Waals surface area contributed by atoms with Crippen molar-refractivity contribution in [3.63, 3.8) is 0 Å². The lowest BCUT2D eigenvalue weighted by molar-refractivity contribution is -0.119. The highest BCUT2D eigenvalue weighted by atomic mass is 79.9. The van der Waals surface area contributed by atoms with Crippen LogP contribution in [0, 0.1) is 20.8 Å². The van der Waals surface area contributed by atoms with Crippen LogP contribution in [-0.4, -0.2) is 21.6 Å². The molecule has 1 N–H and O–H groups in total. The zero-order chi connectivity index (χ0) is 17.0. The monoisotopic (exact) mass is 393 g/mol. The van der Waals surface area contributed by atoms with E-state index in [4.69, 9.17) is 0 Å². The van der Waals surface area contributed by atoms with Crippen LogP contribution in [-0.2, 0) is 4.79 Å². The number of amides is 1. The molecule has 2 aromatic rings. The highest BCUT2D eigenvalue weighted by Crippen LogP contribution is 2.19. The standard InChI is InChI=1S/C17H20BrN3OS/c1-10-11(2)20-17(21-12(10)3)23-9-16(22)19-13(4)14-5-7-15(18)8-6-14/h5-8,13H,9H2,1-4H3,(H,19,22)/t13-/m1/s1. The van der Waals surface area contributed by atoms with Crippen molar-refractivity contribution in [3.8, 4) is 0 Å². The van der Waals surface area contributed by atoms with E-state index in [-0.39, 0.29) is 11.9 Å². The van der Waals surface area contributed by atoms with Gasteiger partial charge in [0.1, 0.15) is 0 Å². The van der Waals surface area contributed by atoms with Crippen LogP contribution < -0.4 is 5.32 Å². The maximum Gasteiger partial charge on any atom is 0.230 e. The number of nitrogens with zero attached hydrogens (tertiary/aromatic N) is 2. The number of thioether (sulfide) groups is 1. The Bertz CT molecular complexity index is 680. The second-order valence-electron chi connectivity index (χ2n) is 5.43. The Hall–Kier alpha value is -1.40. The second-order valence-corrected chi connectivity index (χ2v) is 7.29. The van der Waals surface area contributed by atoms with Gasteiger partial charge in [-0.3, -0.25) is 4.79 Å². The molecule has 0 radical (unpaired) electrons. The topological polar surface area (TPSA) is 54.9 Å². The molecule has 1 aromatic heterocycles. The lowest BCUT2D eigenvalue weighted by atomic mass is 10.1. The smallest absolute Gasteiger partial charge is 0.230 e. The van der Waals surface area contributed by atoms with Crippen molar-refractivity contribution >= 4 is 33.6 Å². The average Bonchev–Trinajstić information content (AvgIpc) is 2.51. The van der Waals surface area contributed by atoms with Crippen LogP contribution in [0.25, 0.3) is 0 Å². The van der Waals surface area contributed by atoms with Crippen molar-refractivity contribution in [1.29, 1.82) is 0 Å². The van der Waals surface area contributed by atoms with Gasteiger partial charge in [-0.25, -0.2) is 9.97 Å². The van der Waals surface area contributed by atoms with Gasteiger partial charge in [0.2, 0.25) is 5.91 Å². The van der Waals surface area contributed by atoms with E-state index in [0.717, 1.165) is 27.0 Å². The van der Waals surface area contributed by atoms with E-state index >= 15 is 0 Å². The third kappa shape index (κ3) is 5.04. The number of rotatable bonds is 5. The highest BCUT2D eigenvalue weighted by Gasteiger charge is 2.12. The molecule has 122 valence electrons. The first-order valence-corrected chi connectivity index (χ1v) is 9.14. The minimum atomic E-state index is -0.0291. The summed E-state index contributed by atoms with van der Waals surface area (Å²) < 4.78 is 1.03. The Morgan fingerprint density at radius 2 is 1.74 bits per heavy atom. The molecule has 6 heteroatoms. The van der Waals surface area contributed by atoms with Gasteiger partial charge in [-0.2, -0.15) is 0 Å². The normalized spacial score (nSPS) is 12.0. The molecule has 0 spiro atoms. The third-order valence-corrected chi connectivity index (χ3v) is 5.07. The molecule has 0 unspecified atom stereocenters. The second kappa shape index (κ2) is 7.93. The zero-order valence-electron chi connectivity index (χ0n) is 13.7. The zero-order valence-corrected chi connectivity index (χ0v) is 16.1. The summed E-state index contributed by atoms with van der Waals surface area (Å²) in [5.74, 6) is 0.285. The summed E-state index contributed by atoms with van der Waals surface area (Å²) in [4.78, 5) is 20.9. The van der Waals surface area contributed by atoms with E-state index in [9.17, 15) is 4.79 Å². The van der Waals surface area contributed by atoms with Gasteiger partial charge in [0.15, 0.2) is 5.16 Å². The molecule has 1 heterocycles. The molecular formula is C17H20BrN3OS. The van der Waals surface area contributed by atoms with E-state index in [1.54, 1.807) is 0 Å². The summed E-state index contributed by atoms with van der Waals surface area (Å²) in [5.41, 5.74) is 4.10. The Kier molecular flexibility index (Phi) is 6.18. The van der Waals surface area contributed by atoms with Crippen molar-refractivity contribution in [2.45, 2.75) is 38.9 Å². The van der Waals surface area contributed by atoms with Gasteiger partial charge in [0.25, 0.3) is 0 Å². The van der Waals surface area contributed by atoms with Crippen molar-refractivity contribution in [3.05, 3.63) is 51.3 Å². The number of hydrogen-bond donors (Lipinski definition) is 1. The number of aryl methyl sites for hydroxylation is 2. The fourth-order valence-electron chi connectivity index (χ4n) is 2.05. The lowest BCUT2D eigenvalue weighted by Gasteiger charge is -2.14. The van der Waals surface area contributed by atoms with Crippen LogP contribution in [0.15, 0.2) is 33.9 Å². The average molecular weight is 394 g/mol. The Morgan fingerprint density at radius 1 is 1.17 bits per heavy atom. The van der Waals surface area contributed by atoms with E-state index in [2.05, 4.69) is 31.2 Å². The van der Waals surface area contributed by atoms with E-state index in [1.807, 2.05) is 52.0 Å². The number of halogens is 1.